The fraction of sp³-hybridized carbons (Fsp3) is 0.909. The summed E-state index contributed by atoms with van der Waals surface area (Å²) in [4.78, 5) is 13.7. The zero-order valence-corrected chi connectivity index (χ0v) is 9.55. The molecule has 1 saturated heterocycles. The Morgan fingerprint density at radius 3 is 2.86 bits per heavy atom. The molecule has 0 aliphatic carbocycles. The van der Waals surface area contributed by atoms with Crippen LogP contribution in [0.1, 0.15) is 27.2 Å². The molecule has 1 amide bonds. The second-order valence-corrected chi connectivity index (χ2v) is 4.40. The van der Waals surface area contributed by atoms with Gasteiger partial charge in [-0.3, -0.25) is 4.79 Å². The molecule has 82 valence electrons. The standard InChI is InChI=1S/C11H22N2O/c1-4-12-7-10-5-6-13(8-10)11(14)9(2)3/h9-10,12H,4-8H2,1-3H3. The molecule has 0 aromatic heterocycles. The average molecular weight is 198 g/mol. The third-order valence-electron chi connectivity index (χ3n) is 2.77. The highest BCUT2D eigenvalue weighted by Gasteiger charge is 2.26. The molecule has 3 nitrogen and oxygen atoms in total. The highest BCUT2D eigenvalue weighted by atomic mass is 16.2. The summed E-state index contributed by atoms with van der Waals surface area (Å²) in [5.41, 5.74) is 0. The molecule has 0 spiro atoms. The average Bonchev–Trinajstić information content (AvgIpc) is 2.61. The minimum absolute atomic E-state index is 0.146. The lowest BCUT2D eigenvalue weighted by molar-refractivity contribution is -0.133. The van der Waals surface area contributed by atoms with E-state index in [0.29, 0.717) is 11.8 Å². The Bertz CT molecular complexity index is 192. The molecule has 0 saturated carbocycles. The second-order valence-electron chi connectivity index (χ2n) is 4.40. The molecular weight excluding hydrogens is 176 g/mol. The topological polar surface area (TPSA) is 32.3 Å². The normalized spacial score (nSPS) is 22.0. The van der Waals surface area contributed by atoms with E-state index in [-0.39, 0.29) is 5.92 Å². The maximum Gasteiger partial charge on any atom is 0.225 e. The van der Waals surface area contributed by atoms with E-state index < -0.39 is 0 Å². The maximum absolute atomic E-state index is 11.7. The number of likely N-dealkylation sites (tertiary alicyclic amines) is 1. The highest BCUT2D eigenvalue weighted by Crippen LogP contribution is 2.17. The summed E-state index contributed by atoms with van der Waals surface area (Å²) >= 11 is 0. The number of rotatable bonds is 4. The van der Waals surface area contributed by atoms with Crippen molar-refractivity contribution in [3.8, 4) is 0 Å². The summed E-state index contributed by atoms with van der Waals surface area (Å²) < 4.78 is 0. The van der Waals surface area contributed by atoms with Gasteiger partial charge in [-0.15, -0.1) is 0 Å². The Morgan fingerprint density at radius 1 is 1.57 bits per heavy atom. The number of hydrogen-bond acceptors (Lipinski definition) is 2. The SMILES string of the molecule is CCNCC1CCN(C(=O)C(C)C)C1. The Balaban J connectivity index is 2.30. The van der Waals surface area contributed by atoms with Crippen molar-refractivity contribution in [2.45, 2.75) is 27.2 Å². The molecular formula is C11H22N2O. The van der Waals surface area contributed by atoms with Crippen LogP contribution in [-0.2, 0) is 4.79 Å². The highest BCUT2D eigenvalue weighted by molar-refractivity contribution is 5.78. The summed E-state index contributed by atoms with van der Waals surface area (Å²) in [5.74, 6) is 1.12. The van der Waals surface area contributed by atoms with Crippen LogP contribution in [0.2, 0.25) is 0 Å². The Kier molecular flexibility index (Phi) is 4.39. The fourth-order valence-corrected chi connectivity index (χ4v) is 1.91. The number of amides is 1. The van der Waals surface area contributed by atoms with Crippen LogP contribution in [0.25, 0.3) is 0 Å². The van der Waals surface area contributed by atoms with Crippen LogP contribution < -0.4 is 5.32 Å². The predicted octanol–water partition coefficient (Wildman–Crippen LogP) is 1.10. The van der Waals surface area contributed by atoms with Crippen LogP contribution in [-0.4, -0.2) is 37.0 Å². The van der Waals surface area contributed by atoms with Gasteiger partial charge >= 0.3 is 0 Å². The Labute approximate surface area is 86.9 Å². The maximum atomic E-state index is 11.7. The Hall–Kier alpha value is -0.570. The molecule has 1 aliphatic heterocycles. The molecule has 1 atom stereocenters. The van der Waals surface area contributed by atoms with Crippen molar-refractivity contribution in [2.24, 2.45) is 11.8 Å². The number of carbonyl (C=O) groups is 1. The molecule has 1 fully saturated rings. The van der Waals surface area contributed by atoms with Gasteiger partial charge in [-0.2, -0.15) is 0 Å². The Morgan fingerprint density at radius 2 is 2.29 bits per heavy atom. The van der Waals surface area contributed by atoms with Gasteiger partial charge in [-0.25, -0.2) is 0 Å². The van der Waals surface area contributed by atoms with Gasteiger partial charge in [0, 0.05) is 19.0 Å². The number of hydrogen-bond donors (Lipinski definition) is 1. The van der Waals surface area contributed by atoms with E-state index in [2.05, 4.69) is 12.2 Å². The van der Waals surface area contributed by atoms with Gasteiger partial charge < -0.3 is 10.2 Å². The first-order chi connectivity index (χ1) is 6.65. The van der Waals surface area contributed by atoms with Crippen molar-refractivity contribution in [3.05, 3.63) is 0 Å². The third-order valence-corrected chi connectivity index (χ3v) is 2.77. The van der Waals surface area contributed by atoms with Gasteiger partial charge in [-0.05, 0) is 25.4 Å². The number of carbonyl (C=O) groups excluding carboxylic acids is 1. The quantitative estimate of drug-likeness (QED) is 0.733. The van der Waals surface area contributed by atoms with Crippen LogP contribution in [0.5, 0.6) is 0 Å². The van der Waals surface area contributed by atoms with Crippen LogP contribution in [0.3, 0.4) is 0 Å². The van der Waals surface area contributed by atoms with Crippen molar-refractivity contribution in [3.63, 3.8) is 0 Å². The molecule has 0 aromatic carbocycles. The van der Waals surface area contributed by atoms with E-state index in [1.807, 2.05) is 18.7 Å². The smallest absolute Gasteiger partial charge is 0.225 e. The first-order valence-electron chi connectivity index (χ1n) is 5.64. The van der Waals surface area contributed by atoms with Crippen molar-refractivity contribution >= 4 is 5.91 Å². The van der Waals surface area contributed by atoms with Crippen LogP contribution in [0, 0.1) is 11.8 Å². The molecule has 14 heavy (non-hydrogen) atoms. The van der Waals surface area contributed by atoms with Gasteiger partial charge in [0.15, 0.2) is 0 Å². The van der Waals surface area contributed by atoms with E-state index in [0.717, 1.165) is 32.6 Å². The summed E-state index contributed by atoms with van der Waals surface area (Å²) in [6.45, 7) is 10.0. The molecule has 0 bridgehead atoms. The van der Waals surface area contributed by atoms with Gasteiger partial charge in [0.1, 0.15) is 0 Å². The fourth-order valence-electron chi connectivity index (χ4n) is 1.91. The van der Waals surface area contributed by atoms with Gasteiger partial charge in [0.25, 0.3) is 0 Å². The van der Waals surface area contributed by atoms with E-state index in [1.54, 1.807) is 0 Å². The molecule has 0 radical (unpaired) electrons. The van der Waals surface area contributed by atoms with Crippen molar-refractivity contribution < 1.29 is 4.79 Å². The first kappa shape index (κ1) is 11.5. The van der Waals surface area contributed by atoms with Gasteiger partial charge in [-0.1, -0.05) is 20.8 Å². The van der Waals surface area contributed by atoms with Crippen molar-refractivity contribution in [1.29, 1.82) is 0 Å². The molecule has 1 N–H and O–H groups in total. The monoisotopic (exact) mass is 198 g/mol. The molecule has 1 rings (SSSR count). The molecule has 3 heteroatoms. The summed E-state index contributed by atoms with van der Waals surface area (Å²) in [6.07, 6.45) is 1.16. The van der Waals surface area contributed by atoms with Crippen molar-refractivity contribution in [2.75, 3.05) is 26.2 Å². The summed E-state index contributed by atoms with van der Waals surface area (Å²) in [7, 11) is 0. The first-order valence-corrected chi connectivity index (χ1v) is 5.64. The van der Waals surface area contributed by atoms with Crippen LogP contribution >= 0.6 is 0 Å². The minimum Gasteiger partial charge on any atom is -0.342 e. The molecule has 0 aromatic rings. The zero-order valence-electron chi connectivity index (χ0n) is 9.55. The lowest BCUT2D eigenvalue weighted by Gasteiger charge is -2.18. The lowest BCUT2D eigenvalue weighted by atomic mass is 10.1. The minimum atomic E-state index is 0.146. The summed E-state index contributed by atoms with van der Waals surface area (Å²) in [5, 5.41) is 3.34. The zero-order chi connectivity index (χ0) is 10.6. The van der Waals surface area contributed by atoms with Crippen LogP contribution in [0.4, 0.5) is 0 Å². The number of nitrogens with zero attached hydrogens (tertiary/aromatic N) is 1. The lowest BCUT2D eigenvalue weighted by Crippen LogP contribution is -2.33. The van der Waals surface area contributed by atoms with Crippen LogP contribution in [0.15, 0.2) is 0 Å². The van der Waals surface area contributed by atoms with E-state index in [4.69, 9.17) is 0 Å². The third kappa shape index (κ3) is 2.98. The summed E-state index contributed by atoms with van der Waals surface area (Å²) in [6, 6.07) is 0. The molecule has 1 unspecified atom stereocenters. The van der Waals surface area contributed by atoms with Crippen molar-refractivity contribution in [1.82, 2.24) is 10.2 Å². The van der Waals surface area contributed by atoms with Gasteiger partial charge in [0.2, 0.25) is 5.91 Å². The van der Waals surface area contributed by atoms with Gasteiger partial charge in [0.05, 0.1) is 0 Å². The molecule has 1 aliphatic rings. The van der Waals surface area contributed by atoms with E-state index in [1.165, 1.54) is 0 Å². The predicted molar refractivity (Wildman–Crippen MR) is 58.1 cm³/mol. The molecule has 1 heterocycles. The number of nitrogens with one attached hydrogen (secondary N) is 1. The van der Waals surface area contributed by atoms with E-state index in [9.17, 15) is 4.79 Å². The second kappa shape index (κ2) is 5.35. The van der Waals surface area contributed by atoms with E-state index >= 15 is 0 Å². The largest absolute Gasteiger partial charge is 0.342 e.